The standard InChI is InChI=1S/C15H23BrN4O.HI/c1-11(2)10-19-15(17-3)18-9-8-14(21)20-13-6-4-12(16)5-7-13;/h4-7,11H,8-10H2,1-3H3,(H,20,21)(H2,17,18,19);1H. The molecule has 0 spiro atoms. The number of nitrogens with one attached hydrogen (secondary N) is 3. The monoisotopic (exact) mass is 482 g/mol. The van der Waals surface area contributed by atoms with E-state index >= 15 is 0 Å². The van der Waals surface area contributed by atoms with E-state index in [4.69, 9.17) is 0 Å². The van der Waals surface area contributed by atoms with Crippen molar-refractivity contribution in [2.45, 2.75) is 20.3 Å². The average molecular weight is 483 g/mol. The van der Waals surface area contributed by atoms with Crippen LogP contribution < -0.4 is 16.0 Å². The Kier molecular flexibility index (Phi) is 11.3. The van der Waals surface area contributed by atoms with E-state index in [0.29, 0.717) is 18.9 Å². The van der Waals surface area contributed by atoms with Gasteiger partial charge in [-0.25, -0.2) is 0 Å². The topological polar surface area (TPSA) is 65.5 Å². The molecule has 0 aliphatic rings. The van der Waals surface area contributed by atoms with Gasteiger partial charge in [0.05, 0.1) is 0 Å². The molecule has 0 aromatic heterocycles. The molecular formula is C15H24BrIN4O. The summed E-state index contributed by atoms with van der Waals surface area (Å²) in [5.74, 6) is 1.24. The van der Waals surface area contributed by atoms with Gasteiger partial charge in [0.25, 0.3) is 0 Å². The Bertz CT molecular complexity index is 477. The molecule has 0 aliphatic carbocycles. The summed E-state index contributed by atoms with van der Waals surface area (Å²) in [6, 6.07) is 7.51. The lowest BCUT2D eigenvalue weighted by atomic mass is 10.2. The third-order valence-corrected chi connectivity index (χ3v) is 3.20. The van der Waals surface area contributed by atoms with Crippen LogP contribution >= 0.6 is 39.9 Å². The van der Waals surface area contributed by atoms with Gasteiger partial charge in [0.1, 0.15) is 0 Å². The predicted octanol–water partition coefficient (Wildman–Crippen LogP) is 3.22. The number of rotatable bonds is 6. The summed E-state index contributed by atoms with van der Waals surface area (Å²) in [5.41, 5.74) is 0.797. The van der Waals surface area contributed by atoms with E-state index in [1.165, 1.54) is 0 Å². The Labute approximate surface area is 157 Å². The molecule has 22 heavy (non-hydrogen) atoms. The van der Waals surface area contributed by atoms with Crippen LogP contribution in [0.2, 0.25) is 0 Å². The summed E-state index contributed by atoms with van der Waals surface area (Å²) < 4.78 is 0.988. The van der Waals surface area contributed by atoms with Gasteiger partial charge in [-0.15, -0.1) is 24.0 Å². The normalized spacial score (nSPS) is 10.9. The summed E-state index contributed by atoms with van der Waals surface area (Å²) in [4.78, 5) is 15.9. The first-order chi connectivity index (χ1) is 10.0. The first-order valence-corrected chi connectivity index (χ1v) is 7.80. The van der Waals surface area contributed by atoms with Crippen molar-refractivity contribution in [1.29, 1.82) is 0 Å². The first-order valence-electron chi connectivity index (χ1n) is 7.01. The van der Waals surface area contributed by atoms with Gasteiger partial charge in [-0.05, 0) is 30.2 Å². The van der Waals surface area contributed by atoms with Crippen LogP contribution in [0, 0.1) is 5.92 Å². The smallest absolute Gasteiger partial charge is 0.226 e. The van der Waals surface area contributed by atoms with Crippen molar-refractivity contribution < 1.29 is 4.79 Å². The summed E-state index contributed by atoms with van der Waals surface area (Å²) in [7, 11) is 1.72. The molecule has 1 amide bonds. The van der Waals surface area contributed by atoms with Crippen molar-refractivity contribution >= 4 is 57.5 Å². The summed E-state index contributed by atoms with van der Waals surface area (Å²) in [6.07, 6.45) is 0.387. The van der Waals surface area contributed by atoms with Gasteiger partial charge in [-0.3, -0.25) is 9.79 Å². The van der Waals surface area contributed by atoms with Crippen LogP contribution in [0.15, 0.2) is 33.7 Å². The van der Waals surface area contributed by atoms with E-state index in [1.54, 1.807) is 7.05 Å². The zero-order valence-electron chi connectivity index (χ0n) is 13.1. The number of guanidine groups is 1. The van der Waals surface area contributed by atoms with Crippen molar-refractivity contribution in [3.63, 3.8) is 0 Å². The number of carbonyl (C=O) groups excluding carboxylic acids is 1. The fourth-order valence-corrected chi connectivity index (χ4v) is 1.84. The molecule has 0 heterocycles. The largest absolute Gasteiger partial charge is 0.356 e. The molecule has 5 nitrogen and oxygen atoms in total. The molecule has 124 valence electrons. The van der Waals surface area contributed by atoms with E-state index in [9.17, 15) is 4.79 Å². The number of hydrogen-bond donors (Lipinski definition) is 3. The zero-order valence-corrected chi connectivity index (χ0v) is 17.1. The SMILES string of the molecule is CN=C(NCCC(=O)Nc1ccc(Br)cc1)NCC(C)C.I. The second-order valence-electron chi connectivity index (χ2n) is 5.08. The minimum absolute atomic E-state index is 0. The quantitative estimate of drug-likeness (QED) is 0.331. The number of carbonyl (C=O) groups is 1. The fraction of sp³-hybridized carbons (Fsp3) is 0.467. The highest BCUT2D eigenvalue weighted by atomic mass is 127. The molecule has 0 saturated carbocycles. The highest BCUT2D eigenvalue weighted by Crippen LogP contribution is 2.14. The Hall–Kier alpha value is -0.830. The van der Waals surface area contributed by atoms with Crippen molar-refractivity contribution in [2.75, 3.05) is 25.5 Å². The van der Waals surface area contributed by atoms with Gasteiger partial charge in [-0.1, -0.05) is 29.8 Å². The molecule has 0 unspecified atom stereocenters. The van der Waals surface area contributed by atoms with Crippen LogP contribution in [0.5, 0.6) is 0 Å². The van der Waals surface area contributed by atoms with E-state index in [1.807, 2.05) is 24.3 Å². The van der Waals surface area contributed by atoms with Crippen molar-refractivity contribution in [2.24, 2.45) is 10.9 Å². The maximum Gasteiger partial charge on any atom is 0.226 e. The third kappa shape index (κ3) is 9.24. The van der Waals surface area contributed by atoms with Crippen LogP contribution in [0.1, 0.15) is 20.3 Å². The van der Waals surface area contributed by atoms with E-state index < -0.39 is 0 Å². The number of anilines is 1. The molecule has 0 bridgehead atoms. The van der Waals surface area contributed by atoms with Gasteiger partial charge in [0.2, 0.25) is 5.91 Å². The highest BCUT2D eigenvalue weighted by molar-refractivity contribution is 14.0. The fourth-order valence-electron chi connectivity index (χ4n) is 1.57. The molecule has 1 rings (SSSR count). The number of benzene rings is 1. The molecule has 0 saturated heterocycles. The van der Waals surface area contributed by atoms with E-state index in [2.05, 4.69) is 50.7 Å². The maximum atomic E-state index is 11.8. The minimum atomic E-state index is -0.0239. The molecule has 1 aromatic rings. The van der Waals surface area contributed by atoms with Crippen molar-refractivity contribution in [3.8, 4) is 0 Å². The minimum Gasteiger partial charge on any atom is -0.356 e. The number of nitrogens with zero attached hydrogens (tertiary/aromatic N) is 1. The summed E-state index contributed by atoms with van der Waals surface area (Å²) in [5, 5.41) is 9.17. The molecule has 3 N–H and O–H groups in total. The van der Waals surface area contributed by atoms with E-state index in [-0.39, 0.29) is 29.9 Å². The number of halogens is 2. The maximum absolute atomic E-state index is 11.8. The first kappa shape index (κ1) is 21.2. The van der Waals surface area contributed by atoms with Crippen LogP contribution in [-0.4, -0.2) is 32.0 Å². The van der Waals surface area contributed by atoms with Crippen LogP contribution in [-0.2, 0) is 4.79 Å². The predicted molar refractivity (Wildman–Crippen MR) is 107 cm³/mol. The average Bonchev–Trinajstić information content (AvgIpc) is 2.45. The highest BCUT2D eigenvalue weighted by Gasteiger charge is 2.04. The molecule has 1 aromatic carbocycles. The van der Waals surface area contributed by atoms with Gasteiger partial charge in [0, 0.05) is 36.7 Å². The van der Waals surface area contributed by atoms with Crippen LogP contribution in [0.4, 0.5) is 5.69 Å². The lowest BCUT2D eigenvalue weighted by molar-refractivity contribution is -0.116. The second-order valence-corrected chi connectivity index (χ2v) is 5.99. The number of amides is 1. The van der Waals surface area contributed by atoms with Crippen molar-refractivity contribution in [1.82, 2.24) is 10.6 Å². The summed E-state index contributed by atoms with van der Waals surface area (Å²) >= 11 is 3.36. The molecular weight excluding hydrogens is 459 g/mol. The molecule has 0 aliphatic heterocycles. The number of hydrogen-bond acceptors (Lipinski definition) is 2. The molecule has 7 heteroatoms. The molecule has 0 radical (unpaired) electrons. The lowest BCUT2D eigenvalue weighted by Gasteiger charge is -2.13. The van der Waals surface area contributed by atoms with Gasteiger partial charge in [0.15, 0.2) is 5.96 Å². The molecule has 0 atom stereocenters. The zero-order chi connectivity index (χ0) is 15.7. The van der Waals surface area contributed by atoms with Gasteiger partial charge in [-0.2, -0.15) is 0 Å². The molecule has 0 fully saturated rings. The second kappa shape index (κ2) is 11.7. The van der Waals surface area contributed by atoms with Crippen LogP contribution in [0.3, 0.4) is 0 Å². The Morgan fingerprint density at radius 3 is 2.41 bits per heavy atom. The lowest BCUT2D eigenvalue weighted by Crippen LogP contribution is -2.40. The van der Waals surface area contributed by atoms with Gasteiger partial charge < -0.3 is 16.0 Å². The van der Waals surface area contributed by atoms with E-state index in [0.717, 1.165) is 22.7 Å². The third-order valence-electron chi connectivity index (χ3n) is 2.67. The Morgan fingerprint density at radius 2 is 1.86 bits per heavy atom. The van der Waals surface area contributed by atoms with Crippen molar-refractivity contribution in [3.05, 3.63) is 28.7 Å². The Morgan fingerprint density at radius 1 is 1.23 bits per heavy atom. The summed E-state index contributed by atoms with van der Waals surface area (Å²) in [6.45, 7) is 5.66. The van der Waals surface area contributed by atoms with Gasteiger partial charge >= 0.3 is 0 Å². The number of aliphatic imine (C=N–C) groups is 1. The Balaban J connectivity index is 0.00000441. The van der Waals surface area contributed by atoms with Crippen LogP contribution in [0.25, 0.3) is 0 Å².